The van der Waals surface area contributed by atoms with Gasteiger partial charge in [0.05, 0.1) is 5.54 Å². The van der Waals surface area contributed by atoms with Crippen LogP contribution in [0.15, 0.2) is 29.3 Å². The quantitative estimate of drug-likeness (QED) is 0.554. The first-order valence-corrected chi connectivity index (χ1v) is 3.95. The van der Waals surface area contributed by atoms with Gasteiger partial charge >= 0.3 is 0 Å². The second-order valence-electron chi connectivity index (χ2n) is 3.31. The van der Waals surface area contributed by atoms with E-state index >= 15 is 0 Å². The Balaban J connectivity index is 3.13. The average molecular weight is 177 g/mol. The van der Waals surface area contributed by atoms with Crippen LogP contribution in [0.4, 0.5) is 0 Å². The van der Waals surface area contributed by atoms with Gasteiger partial charge in [-0.2, -0.15) is 4.99 Å². The maximum atomic E-state index is 10.1. The molecule has 0 heterocycles. The number of hydrogen-bond donors (Lipinski definition) is 1. The van der Waals surface area contributed by atoms with Crippen molar-refractivity contribution in [1.29, 1.82) is 0 Å². The van der Waals surface area contributed by atoms with Crippen LogP contribution in [0.3, 0.4) is 0 Å². The molecule has 0 amide bonds. The summed E-state index contributed by atoms with van der Waals surface area (Å²) in [4.78, 5) is 13.8. The number of aromatic hydroxyl groups is 1. The molecule has 1 aromatic carbocycles. The van der Waals surface area contributed by atoms with E-state index in [9.17, 15) is 9.90 Å². The summed E-state index contributed by atoms with van der Waals surface area (Å²) in [7, 11) is 0. The van der Waals surface area contributed by atoms with Crippen molar-refractivity contribution in [1.82, 2.24) is 0 Å². The number of benzene rings is 1. The summed E-state index contributed by atoms with van der Waals surface area (Å²) in [6, 6.07) is 6.68. The van der Waals surface area contributed by atoms with Gasteiger partial charge in [-0.3, -0.25) is 0 Å². The predicted molar refractivity (Wildman–Crippen MR) is 49.3 cm³/mol. The Morgan fingerprint density at radius 2 is 2.15 bits per heavy atom. The highest BCUT2D eigenvalue weighted by molar-refractivity contribution is 5.39. The van der Waals surface area contributed by atoms with Crippen LogP contribution in [0.1, 0.15) is 19.4 Å². The maximum absolute atomic E-state index is 10.1. The summed E-state index contributed by atoms with van der Waals surface area (Å²) in [6.45, 7) is 3.57. The van der Waals surface area contributed by atoms with E-state index in [1.165, 1.54) is 6.08 Å². The van der Waals surface area contributed by atoms with Crippen molar-refractivity contribution in [3.8, 4) is 5.75 Å². The van der Waals surface area contributed by atoms with E-state index in [4.69, 9.17) is 0 Å². The highest BCUT2D eigenvalue weighted by Crippen LogP contribution is 2.26. The minimum Gasteiger partial charge on any atom is -0.508 e. The molecule has 0 aliphatic rings. The predicted octanol–water partition coefficient (Wildman–Crippen LogP) is 1.96. The molecule has 3 heteroatoms. The van der Waals surface area contributed by atoms with E-state index in [1.54, 1.807) is 38.1 Å². The third-order valence-electron chi connectivity index (χ3n) is 1.88. The molecular weight excluding hydrogens is 166 g/mol. The van der Waals surface area contributed by atoms with Crippen molar-refractivity contribution >= 4 is 6.08 Å². The van der Waals surface area contributed by atoms with Crippen LogP contribution in [0, 0.1) is 0 Å². The Kier molecular flexibility index (Phi) is 2.49. The number of phenols is 1. The molecule has 0 saturated heterocycles. The second kappa shape index (κ2) is 3.42. The molecule has 0 radical (unpaired) electrons. The summed E-state index contributed by atoms with van der Waals surface area (Å²) in [5.41, 5.74) is 0.163. The molecule has 0 aromatic heterocycles. The van der Waals surface area contributed by atoms with Crippen molar-refractivity contribution < 1.29 is 9.90 Å². The van der Waals surface area contributed by atoms with Crippen molar-refractivity contribution in [2.45, 2.75) is 19.4 Å². The fourth-order valence-electron chi connectivity index (χ4n) is 1.07. The smallest absolute Gasteiger partial charge is 0.235 e. The molecule has 0 atom stereocenters. The fourth-order valence-corrected chi connectivity index (χ4v) is 1.07. The van der Waals surface area contributed by atoms with Crippen molar-refractivity contribution in [3.05, 3.63) is 29.8 Å². The number of nitrogens with zero attached hydrogens (tertiary/aromatic N) is 1. The lowest BCUT2D eigenvalue weighted by molar-refractivity contribution is 0.468. The standard InChI is InChI=1S/C10H11NO2/c1-10(2,11-7-12)8-4-3-5-9(13)6-8/h3-6,13H,1-2H3. The van der Waals surface area contributed by atoms with Gasteiger partial charge < -0.3 is 5.11 Å². The molecule has 0 saturated carbocycles. The molecule has 0 unspecified atom stereocenters. The molecule has 0 spiro atoms. The molecule has 3 nitrogen and oxygen atoms in total. The van der Waals surface area contributed by atoms with Gasteiger partial charge in [-0.15, -0.1) is 0 Å². The van der Waals surface area contributed by atoms with E-state index in [0.717, 1.165) is 5.56 Å². The average Bonchev–Trinajstić information content (AvgIpc) is 2.04. The normalized spacial score (nSPS) is 10.6. The van der Waals surface area contributed by atoms with E-state index in [1.807, 2.05) is 0 Å². The Morgan fingerprint density at radius 1 is 1.46 bits per heavy atom. The van der Waals surface area contributed by atoms with Gasteiger partial charge in [0.1, 0.15) is 5.75 Å². The SMILES string of the molecule is CC(C)(N=C=O)c1cccc(O)c1. The van der Waals surface area contributed by atoms with Gasteiger partial charge in [0.25, 0.3) is 0 Å². The first-order valence-electron chi connectivity index (χ1n) is 3.95. The highest BCUT2D eigenvalue weighted by atomic mass is 16.3. The summed E-state index contributed by atoms with van der Waals surface area (Å²) in [6.07, 6.45) is 1.52. The van der Waals surface area contributed by atoms with E-state index in [0.29, 0.717) is 0 Å². The summed E-state index contributed by atoms with van der Waals surface area (Å²) in [5.74, 6) is 0.173. The molecular formula is C10H11NO2. The van der Waals surface area contributed by atoms with Crippen LogP contribution in [0.2, 0.25) is 0 Å². The van der Waals surface area contributed by atoms with Crippen LogP contribution in [-0.2, 0) is 10.3 Å². The lowest BCUT2D eigenvalue weighted by Gasteiger charge is -2.17. The van der Waals surface area contributed by atoms with Crippen LogP contribution in [-0.4, -0.2) is 11.2 Å². The zero-order chi connectivity index (χ0) is 9.90. The molecule has 1 rings (SSSR count). The van der Waals surface area contributed by atoms with Gasteiger partial charge in [-0.1, -0.05) is 12.1 Å². The van der Waals surface area contributed by atoms with Crippen molar-refractivity contribution in [3.63, 3.8) is 0 Å². The number of phenolic OH excluding ortho intramolecular Hbond substituents is 1. The number of aliphatic imine (C=N–C) groups is 1. The molecule has 13 heavy (non-hydrogen) atoms. The summed E-state index contributed by atoms with van der Waals surface area (Å²) in [5, 5.41) is 9.20. The molecule has 68 valence electrons. The molecule has 0 aliphatic carbocycles. The van der Waals surface area contributed by atoms with Gasteiger partial charge in [0.2, 0.25) is 6.08 Å². The number of isocyanates is 1. The third kappa shape index (κ3) is 2.17. The Bertz CT molecular complexity index is 352. The summed E-state index contributed by atoms with van der Waals surface area (Å²) < 4.78 is 0. The zero-order valence-corrected chi connectivity index (χ0v) is 7.61. The van der Waals surface area contributed by atoms with Gasteiger partial charge in [0, 0.05) is 0 Å². The molecule has 0 bridgehead atoms. The molecule has 1 N–H and O–H groups in total. The Labute approximate surface area is 76.7 Å². The first-order chi connectivity index (χ1) is 6.06. The number of hydrogen-bond acceptors (Lipinski definition) is 3. The lowest BCUT2D eigenvalue weighted by atomic mass is 9.95. The second-order valence-corrected chi connectivity index (χ2v) is 3.31. The monoisotopic (exact) mass is 177 g/mol. The third-order valence-corrected chi connectivity index (χ3v) is 1.88. The fraction of sp³-hybridized carbons (Fsp3) is 0.300. The van der Waals surface area contributed by atoms with Crippen molar-refractivity contribution in [2.24, 2.45) is 4.99 Å². The van der Waals surface area contributed by atoms with Crippen LogP contribution >= 0.6 is 0 Å². The zero-order valence-electron chi connectivity index (χ0n) is 7.61. The van der Waals surface area contributed by atoms with Crippen molar-refractivity contribution in [2.75, 3.05) is 0 Å². The largest absolute Gasteiger partial charge is 0.508 e. The molecule has 0 aliphatic heterocycles. The number of rotatable bonds is 2. The van der Waals surface area contributed by atoms with Crippen LogP contribution in [0.5, 0.6) is 5.75 Å². The Hall–Kier alpha value is -1.60. The van der Waals surface area contributed by atoms with E-state index in [2.05, 4.69) is 4.99 Å². The molecule has 0 fully saturated rings. The van der Waals surface area contributed by atoms with Crippen LogP contribution in [0.25, 0.3) is 0 Å². The van der Waals surface area contributed by atoms with Gasteiger partial charge in [0.15, 0.2) is 0 Å². The van der Waals surface area contributed by atoms with E-state index in [-0.39, 0.29) is 5.75 Å². The highest BCUT2D eigenvalue weighted by Gasteiger charge is 2.19. The van der Waals surface area contributed by atoms with Gasteiger partial charge in [-0.05, 0) is 31.5 Å². The first kappa shape index (κ1) is 9.49. The minimum absolute atomic E-state index is 0.173. The number of carbonyl (C=O) groups excluding carboxylic acids is 1. The van der Waals surface area contributed by atoms with Crippen LogP contribution < -0.4 is 0 Å². The summed E-state index contributed by atoms with van der Waals surface area (Å²) >= 11 is 0. The maximum Gasteiger partial charge on any atom is 0.235 e. The Morgan fingerprint density at radius 3 is 2.69 bits per heavy atom. The lowest BCUT2D eigenvalue weighted by Crippen LogP contribution is -2.12. The minimum atomic E-state index is -0.625. The van der Waals surface area contributed by atoms with E-state index < -0.39 is 5.54 Å². The van der Waals surface area contributed by atoms with Gasteiger partial charge in [-0.25, -0.2) is 4.79 Å². The topological polar surface area (TPSA) is 49.7 Å². The molecule has 1 aromatic rings.